The molecule has 29 heavy (non-hydrogen) atoms. The zero-order chi connectivity index (χ0) is 20.5. The van der Waals surface area contributed by atoms with Crippen molar-refractivity contribution in [1.82, 2.24) is 0 Å². The molecule has 3 atom stereocenters. The number of nitrogens with zero attached hydrogens (tertiary/aromatic N) is 2. The Bertz CT molecular complexity index is 1080. The van der Waals surface area contributed by atoms with Crippen LogP contribution in [0.15, 0.2) is 42.5 Å². The molecule has 0 unspecified atom stereocenters. The summed E-state index contributed by atoms with van der Waals surface area (Å²) in [7, 11) is 0. The summed E-state index contributed by atoms with van der Waals surface area (Å²) < 4.78 is 0. The molecule has 0 aliphatic heterocycles. The molecule has 0 bridgehead atoms. The quantitative estimate of drug-likeness (QED) is 0.785. The van der Waals surface area contributed by atoms with E-state index >= 15 is 0 Å². The third-order valence-corrected chi connectivity index (χ3v) is 6.84. The molecule has 0 amide bonds. The van der Waals surface area contributed by atoms with Gasteiger partial charge in [0.1, 0.15) is 5.60 Å². The van der Waals surface area contributed by atoms with E-state index in [1.165, 1.54) is 16.7 Å². The fraction of sp³-hybridized carbons (Fsp3) is 0.385. The Kier molecular flexibility index (Phi) is 4.92. The minimum Gasteiger partial charge on any atom is -0.378 e. The molecule has 1 saturated carbocycles. The lowest BCUT2D eigenvalue weighted by Crippen LogP contribution is -2.50. The van der Waals surface area contributed by atoms with Gasteiger partial charge in [-0.25, -0.2) is 0 Å². The van der Waals surface area contributed by atoms with Crippen LogP contribution in [0.1, 0.15) is 60.4 Å². The van der Waals surface area contributed by atoms with Crippen molar-refractivity contribution in [2.75, 3.05) is 0 Å². The second-order valence-electron chi connectivity index (χ2n) is 8.47. The predicted octanol–water partition coefficient (Wildman–Crippen LogP) is 4.41. The van der Waals surface area contributed by atoms with Crippen LogP contribution in [0.3, 0.4) is 0 Å². The van der Waals surface area contributed by atoms with Crippen LogP contribution in [0.5, 0.6) is 0 Å². The molecule has 2 aliphatic rings. The molecule has 0 saturated heterocycles. The summed E-state index contributed by atoms with van der Waals surface area (Å²) in [5.74, 6) is 6.31. The number of benzene rings is 2. The van der Waals surface area contributed by atoms with Gasteiger partial charge in [-0.2, -0.15) is 10.5 Å². The van der Waals surface area contributed by atoms with E-state index in [0.29, 0.717) is 29.9 Å². The number of aliphatic hydroxyl groups is 1. The summed E-state index contributed by atoms with van der Waals surface area (Å²) in [4.78, 5) is 0. The zero-order valence-electron chi connectivity index (χ0n) is 16.7. The van der Waals surface area contributed by atoms with Crippen molar-refractivity contribution in [1.29, 1.82) is 10.5 Å². The molecule has 1 fully saturated rings. The lowest BCUT2D eigenvalue weighted by atomic mass is 9.52. The van der Waals surface area contributed by atoms with Crippen LogP contribution >= 0.6 is 0 Å². The van der Waals surface area contributed by atoms with Gasteiger partial charge in [0, 0.05) is 5.41 Å². The van der Waals surface area contributed by atoms with Gasteiger partial charge in [-0.05, 0) is 92.3 Å². The summed E-state index contributed by atoms with van der Waals surface area (Å²) in [6.07, 6.45) is 5.00. The maximum atomic E-state index is 11.0. The van der Waals surface area contributed by atoms with Gasteiger partial charge in [0.25, 0.3) is 0 Å². The molecule has 2 aromatic carbocycles. The first-order chi connectivity index (χ1) is 14.0. The van der Waals surface area contributed by atoms with Gasteiger partial charge in [0.05, 0.1) is 23.3 Å². The maximum Gasteiger partial charge on any atom is 0.125 e. The van der Waals surface area contributed by atoms with Crippen LogP contribution in [0, 0.1) is 40.4 Å². The minimum absolute atomic E-state index is 0.0720. The predicted molar refractivity (Wildman–Crippen MR) is 112 cm³/mol. The average Bonchev–Trinajstić information content (AvgIpc) is 2.74. The van der Waals surface area contributed by atoms with Crippen molar-refractivity contribution < 1.29 is 5.11 Å². The van der Waals surface area contributed by atoms with Crippen molar-refractivity contribution in [2.24, 2.45) is 5.92 Å². The molecular weight excluding hydrogens is 356 g/mol. The number of fused-ring (bicyclic) bond motifs is 3. The molecule has 4 rings (SSSR count). The monoisotopic (exact) mass is 380 g/mol. The number of aryl methyl sites for hydroxylation is 1. The number of rotatable bonds is 2. The third-order valence-electron chi connectivity index (χ3n) is 6.84. The number of hydrogen-bond donors (Lipinski definition) is 1. The first-order valence-corrected chi connectivity index (χ1v) is 10.2. The molecule has 2 aromatic rings. The second kappa shape index (κ2) is 7.40. The summed E-state index contributed by atoms with van der Waals surface area (Å²) in [5, 5.41) is 29.5. The van der Waals surface area contributed by atoms with Gasteiger partial charge in [-0.3, -0.25) is 0 Å². The second-order valence-corrected chi connectivity index (χ2v) is 8.47. The fourth-order valence-corrected chi connectivity index (χ4v) is 5.49. The van der Waals surface area contributed by atoms with E-state index < -0.39 is 5.60 Å². The highest BCUT2D eigenvalue weighted by atomic mass is 16.3. The smallest absolute Gasteiger partial charge is 0.125 e. The van der Waals surface area contributed by atoms with Crippen molar-refractivity contribution >= 4 is 0 Å². The first-order valence-electron chi connectivity index (χ1n) is 10.2. The summed E-state index contributed by atoms with van der Waals surface area (Å²) >= 11 is 0. The highest BCUT2D eigenvalue weighted by Gasteiger charge is 2.51. The minimum atomic E-state index is -0.905. The standard InChI is InChI=1S/C26H24N2O/c1-2-11-25(29)12-13-26(15-19-3-5-20(17-27)6-4-19)23(16-25)9-8-22-14-21(18-28)7-10-24(22)26/h3-7,10,14,23,29H,8-9,12-13,15-16H2,1H3/t23-,25-,26+/m1/s1. The normalized spacial score (nSPS) is 27.4. The number of hydrogen-bond acceptors (Lipinski definition) is 3. The Morgan fingerprint density at radius 1 is 1.03 bits per heavy atom. The van der Waals surface area contributed by atoms with Crippen molar-refractivity contribution in [2.45, 2.75) is 56.5 Å². The molecule has 0 aromatic heterocycles. The molecule has 0 heterocycles. The lowest BCUT2D eigenvalue weighted by molar-refractivity contribution is -0.00801. The fourth-order valence-electron chi connectivity index (χ4n) is 5.49. The SMILES string of the molecule is CC#C[C@@]1(O)CC[C@@]2(Cc3ccc(C#N)cc3)c3ccc(C#N)cc3CC[C@@H]2C1. The van der Waals surface area contributed by atoms with Crippen LogP contribution in [0.4, 0.5) is 0 Å². The van der Waals surface area contributed by atoms with Gasteiger partial charge in [0.2, 0.25) is 0 Å². The average molecular weight is 380 g/mol. The molecule has 0 radical (unpaired) electrons. The summed E-state index contributed by atoms with van der Waals surface area (Å²) in [6.45, 7) is 1.79. The third kappa shape index (κ3) is 3.42. The molecule has 0 spiro atoms. The van der Waals surface area contributed by atoms with Crippen LogP contribution in [0.25, 0.3) is 0 Å². The highest BCUT2D eigenvalue weighted by Crippen LogP contribution is 2.54. The van der Waals surface area contributed by atoms with E-state index in [4.69, 9.17) is 5.26 Å². The van der Waals surface area contributed by atoms with Gasteiger partial charge in [-0.1, -0.05) is 24.1 Å². The molecule has 2 aliphatic carbocycles. The summed E-state index contributed by atoms with van der Waals surface area (Å²) in [5.41, 5.74) is 4.19. The molecule has 1 N–H and O–H groups in total. The van der Waals surface area contributed by atoms with Crippen molar-refractivity contribution in [3.05, 3.63) is 70.3 Å². The van der Waals surface area contributed by atoms with E-state index in [9.17, 15) is 10.4 Å². The molecule has 3 heteroatoms. The van der Waals surface area contributed by atoms with E-state index in [1.807, 2.05) is 24.3 Å². The number of nitriles is 2. The molecule has 144 valence electrons. The van der Waals surface area contributed by atoms with Crippen molar-refractivity contribution in [3.63, 3.8) is 0 Å². The van der Waals surface area contributed by atoms with Crippen LogP contribution in [0.2, 0.25) is 0 Å². The Morgan fingerprint density at radius 3 is 2.45 bits per heavy atom. The van der Waals surface area contributed by atoms with E-state index in [0.717, 1.165) is 25.7 Å². The van der Waals surface area contributed by atoms with Crippen molar-refractivity contribution in [3.8, 4) is 24.0 Å². The zero-order valence-corrected chi connectivity index (χ0v) is 16.7. The van der Waals surface area contributed by atoms with E-state index in [2.05, 4.69) is 42.2 Å². The highest BCUT2D eigenvalue weighted by molar-refractivity contribution is 5.46. The topological polar surface area (TPSA) is 67.8 Å². The van der Waals surface area contributed by atoms with Gasteiger partial charge < -0.3 is 5.11 Å². The lowest BCUT2D eigenvalue weighted by Gasteiger charge is -2.52. The van der Waals surface area contributed by atoms with E-state index in [-0.39, 0.29) is 5.41 Å². The first kappa shape index (κ1) is 19.3. The Morgan fingerprint density at radius 2 is 1.76 bits per heavy atom. The maximum absolute atomic E-state index is 11.0. The Labute approximate surface area is 172 Å². The van der Waals surface area contributed by atoms with Gasteiger partial charge >= 0.3 is 0 Å². The largest absolute Gasteiger partial charge is 0.378 e. The van der Waals surface area contributed by atoms with E-state index in [1.54, 1.807) is 6.92 Å². The Balaban J connectivity index is 1.79. The van der Waals surface area contributed by atoms with Crippen LogP contribution in [-0.4, -0.2) is 10.7 Å². The Hall–Kier alpha value is -3.06. The molecular formula is C26H24N2O. The van der Waals surface area contributed by atoms with Crippen LogP contribution in [-0.2, 0) is 18.3 Å². The van der Waals surface area contributed by atoms with Gasteiger partial charge in [0.15, 0.2) is 0 Å². The summed E-state index contributed by atoms with van der Waals surface area (Å²) in [6, 6.07) is 18.4. The van der Waals surface area contributed by atoms with Crippen LogP contribution < -0.4 is 0 Å². The van der Waals surface area contributed by atoms with Gasteiger partial charge in [-0.15, -0.1) is 5.92 Å². The molecule has 3 nitrogen and oxygen atoms in total.